The second-order valence-corrected chi connectivity index (χ2v) is 13.9. The largest absolute Gasteiger partial charge is 0.469 e. The van der Waals surface area contributed by atoms with Crippen LogP contribution >= 0.6 is 0 Å². The van der Waals surface area contributed by atoms with Crippen molar-refractivity contribution in [3.63, 3.8) is 0 Å². The highest BCUT2D eigenvalue weighted by atomic mass is 16.5. The Labute approximate surface area is 333 Å². The summed E-state index contributed by atoms with van der Waals surface area (Å²) in [5, 5.41) is 0. The monoisotopic (exact) mass is 776 g/mol. The summed E-state index contributed by atoms with van der Waals surface area (Å²) in [6, 6.07) is 10.0. The predicted octanol–water partition coefficient (Wildman–Crippen LogP) is 8.94. The van der Waals surface area contributed by atoms with Crippen molar-refractivity contribution < 1.29 is 38.1 Å². The van der Waals surface area contributed by atoms with Crippen LogP contribution in [0, 0.1) is 13.8 Å². The number of aromatic amines is 2. The van der Waals surface area contributed by atoms with Crippen molar-refractivity contribution in [2.75, 3.05) is 27.4 Å². The third kappa shape index (κ3) is 10.2. The van der Waals surface area contributed by atoms with Gasteiger partial charge in [-0.3, -0.25) is 9.59 Å². The number of carbonyl (C=O) groups is 4. The molecule has 0 aliphatic carbocycles. The van der Waals surface area contributed by atoms with E-state index in [1.54, 1.807) is 26.0 Å². The Balaban J connectivity index is 1.80. The molecule has 0 atom stereocenters. The molecule has 12 heteroatoms. The molecule has 2 N–H and O–H groups in total. The molecule has 300 valence electrons. The third-order valence-corrected chi connectivity index (χ3v) is 10.2. The molecule has 2 aliphatic heterocycles. The molecule has 0 spiro atoms. The highest BCUT2D eigenvalue weighted by Crippen LogP contribution is 2.39. The van der Waals surface area contributed by atoms with Crippen LogP contribution in [0.3, 0.4) is 0 Å². The molecule has 3 aromatic rings. The van der Waals surface area contributed by atoms with Gasteiger partial charge in [0.2, 0.25) is 0 Å². The Hall–Kier alpha value is -6.04. The van der Waals surface area contributed by atoms with Gasteiger partial charge in [0.05, 0.1) is 50.2 Å². The zero-order chi connectivity index (χ0) is 41.2. The standard InChI is InChI=1S/C45H52N4O8/c1-9-56-43(52)15-13-11-12-14-30(21-44(53)57-10-2)45-29(6)35-22-31-20-26(3)34(46-31)23-36-27(4)32(16-18-41(50)54-7)38(47-36)25-39-33(17-19-42(51)55-8)28(5)37(48-39)24-40(45)49-35/h13,15,20-25,46,49H,9-12,14,16-19H2,1-8H3/b15-13-,30-21+,31-22?,34-23?,35-22?,36-23?,37-24?,38-25?,39-25?,40-24?. The van der Waals surface area contributed by atoms with E-state index in [1.165, 1.54) is 20.3 Å². The number of nitrogens with one attached hydrogen (secondary N) is 2. The van der Waals surface area contributed by atoms with Crippen LogP contribution in [0.2, 0.25) is 0 Å². The maximum absolute atomic E-state index is 13.1. The summed E-state index contributed by atoms with van der Waals surface area (Å²) in [5.74, 6) is -1.49. The zero-order valence-corrected chi connectivity index (χ0v) is 34.1. The number of ether oxygens (including phenoxy) is 4. The van der Waals surface area contributed by atoms with Crippen LogP contribution in [0.15, 0.2) is 48.6 Å². The lowest BCUT2D eigenvalue weighted by molar-refractivity contribution is -0.141. The van der Waals surface area contributed by atoms with Crippen LogP contribution < -0.4 is 0 Å². The molecule has 5 heterocycles. The fourth-order valence-electron chi connectivity index (χ4n) is 7.13. The highest BCUT2D eigenvalue weighted by Gasteiger charge is 2.23. The number of carbonyl (C=O) groups excluding carboxylic acids is 4. The number of aromatic nitrogens is 4. The average molecular weight is 777 g/mol. The molecule has 0 radical (unpaired) electrons. The normalized spacial score (nSPS) is 13.0. The van der Waals surface area contributed by atoms with Crippen molar-refractivity contribution in [3.8, 4) is 0 Å². The smallest absolute Gasteiger partial charge is 0.331 e. The van der Waals surface area contributed by atoms with Gasteiger partial charge in [-0.1, -0.05) is 6.08 Å². The predicted molar refractivity (Wildman–Crippen MR) is 222 cm³/mol. The van der Waals surface area contributed by atoms with E-state index in [1.807, 2.05) is 52.0 Å². The van der Waals surface area contributed by atoms with Gasteiger partial charge in [-0.2, -0.15) is 0 Å². The fourth-order valence-corrected chi connectivity index (χ4v) is 7.13. The van der Waals surface area contributed by atoms with Crippen LogP contribution in [-0.2, 0) is 38.1 Å². The van der Waals surface area contributed by atoms with Gasteiger partial charge in [0, 0.05) is 52.6 Å². The summed E-state index contributed by atoms with van der Waals surface area (Å²) in [5.41, 5.74) is 13.3. The summed E-state index contributed by atoms with van der Waals surface area (Å²) in [6.45, 7) is 12.1. The molecular formula is C45H52N4O8. The number of H-pyrrole nitrogens is 2. The summed E-state index contributed by atoms with van der Waals surface area (Å²) in [7, 11) is 2.75. The SMILES string of the molecule is CCOC(=O)/C=C\CCC/C(=C\C(=O)OCC)c1c(C)c2cc3cc(C)c(cc4nc(cc5nc(cc1[nH]2)C(C)=C5CCC(=O)OC)C(CCC(=O)OC)=C4C)[nH]3. The summed E-state index contributed by atoms with van der Waals surface area (Å²) in [4.78, 5) is 67.1. The van der Waals surface area contributed by atoms with E-state index in [0.29, 0.717) is 55.8 Å². The first-order valence-electron chi connectivity index (χ1n) is 19.3. The number of rotatable bonds is 15. The molecule has 3 aromatic heterocycles. The number of hydrogen-bond donors (Lipinski definition) is 2. The van der Waals surface area contributed by atoms with E-state index in [0.717, 1.165) is 72.3 Å². The topological polar surface area (TPSA) is 163 Å². The van der Waals surface area contributed by atoms with Gasteiger partial charge in [-0.05, 0) is 143 Å². The molecule has 2 aliphatic rings. The van der Waals surface area contributed by atoms with Crippen molar-refractivity contribution >= 4 is 73.8 Å². The number of fused-ring (bicyclic) bond motifs is 8. The minimum absolute atomic E-state index is 0.155. The lowest BCUT2D eigenvalue weighted by atomic mass is 9.96. The lowest BCUT2D eigenvalue weighted by Crippen LogP contribution is -2.02. The number of allylic oxidation sites excluding steroid dienone is 6. The minimum Gasteiger partial charge on any atom is -0.469 e. The Bertz CT molecular complexity index is 2350. The average Bonchev–Trinajstić information content (AvgIpc) is 3.86. The second-order valence-electron chi connectivity index (χ2n) is 13.9. The van der Waals surface area contributed by atoms with Crippen LogP contribution in [0.25, 0.3) is 49.9 Å². The Kier molecular flexibility index (Phi) is 14.2. The molecule has 0 fully saturated rings. The Morgan fingerprint density at radius 1 is 0.667 bits per heavy atom. The van der Waals surface area contributed by atoms with E-state index in [9.17, 15) is 19.2 Å². The van der Waals surface area contributed by atoms with E-state index in [2.05, 4.69) is 16.0 Å². The first-order valence-corrected chi connectivity index (χ1v) is 19.3. The Morgan fingerprint density at radius 3 is 1.82 bits per heavy atom. The molecule has 0 saturated carbocycles. The number of aryl methyl sites for hydroxylation is 2. The van der Waals surface area contributed by atoms with Gasteiger partial charge in [0.1, 0.15) is 0 Å². The van der Waals surface area contributed by atoms with E-state index < -0.39 is 11.9 Å². The summed E-state index contributed by atoms with van der Waals surface area (Å²) >= 11 is 0. The molecule has 0 amide bonds. The quantitative estimate of drug-likeness (QED) is 0.0660. The molecule has 5 rings (SSSR count). The number of esters is 4. The van der Waals surface area contributed by atoms with Gasteiger partial charge in [-0.25, -0.2) is 19.6 Å². The molecule has 57 heavy (non-hydrogen) atoms. The van der Waals surface area contributed by atoms with E-state index in [4.69, 9.17) is 28.9 Å². The van der Waals surface area contributed by atoms with Crippen LogP contribution in [0.4, 0.5) is 0 Å². The van der Waals surface area contributed by atoms with Crippen LogP contribution in [0.1, 0.15) is 112 Å². The van der Waals surface area contributed by atoms with Crippen LogP contribution in [0.5, 0.6) is 0 Å². The molecule has 0 unspecified atom stereocenters. The van der Waals surface area contributed by atoms with Crippen molar-refractivity contribution in [3.05, 3.63) is 88.0 Å². The fraction of sp³-hybridized carbons (Fsp3) is 0.378. The first-order chi connectivity index (χ1) is 27.4. The van der Waals surface area contributed by atoms with Gasteiger partial charge >= 0.3 is 23.9 Å². The lowest BCUT2D eigenvalue weighted by Gasteiger charge is -2.09. The zero-order valence-electron chi connectivity index (χ0n) is 34.1. The number of unbranched alkanes of at least 4 members (excludes halogenated alkanes) is 1. The van der Waals surface area contributed by atoms with Gasteiger partial charge in [0.15, 0.2) is 0 Å². The van der Waals surface area contributed by atoms with Gasteiger partial charge in [0.25, 0.3) is 0 Å². The molecule has 12 nitrogen and oxygen atoms in total. The van der Waals surface area contributed by atoms with Crippen LogP contribution in [-0.4, -0.2) is 71.2 Å². The molecular weight excluding hydrogens is 725 g/mol. The minimum atomic E-state index is -0.450. The van der Waals surface area contributed by atoms with Gasteiger partial charge in [-0.15, -0.1) is 0 Å². The van der Waals surface area contributed by atoms with Crippen molar-refractivity contribution in [1.29, 1.82) is 0 Å². The summed E-state index contributed by atoms with van der Waals surface area (Å²) in [6.07, 6.45) is 7.66. The summed E-state index contributed by atoms with van der Waals surface area (Å²) < 4.78 is 20.4. The first kappa shape index (κ1) is 42.1. The number of hydrogen-bond acceptors (Lipinski definition) is 10. The maximum Gasteiger partial charge on any atom is 0.331 e. The number of nitrogens with zero attached hydrogens (tertiary/aromatic N) is 2. The van der Waals surface area contributed by atoms with Crippen molar-refractivity contribution in [2.45, 2.75) is 86.5 Å². The van der Waals surface area contributed by atoms with E-state index >= 15 is 0 Å². The highest BCUT2D eigenvalue weighted by molar-refractivity contribution is 5.99. The van der Waals surface area contributed by atoms with Gasteiger partial charge < -0.3 is 28.9 Å². The van der Waals surface area contributed by atoms with Crippen molar-refractivity contribution in [2.24, 2.45) is 0 Å². The maximum atomic E-state index is 13.1. The number of methoxy groups -OCH3 is 2. The molecule has 0 aromatic carbocycles. The second kappa shape index (κ2) is 19.2. The molecule has 0 saturated heterocycles. The Morgan fingerprint density at radius 2 is 1.25 bits per heavy atom. The van der Waals surface area contributed by atoms with Crippen molar-refractivity contribution in [1.82, 2.24) is 19.9 Å². The third-order valence-electron chi connectivity index (χ3n) is 10.2. The van der Waals surface area contributed by atoms with E-state index in [-0.39, 0.29) is 31.4 Å². The molecule has 8 bridgehead atoms.